The van der Waals surface area contributed by atoms with Crippen molar-refractivity contribution in [2.24, 2.45) is 0 Å². The van der Waals surface area contributed by atoms with E-state index in [1.807, 2.05) is 0 Å². The summed E-state index contributed by atoms with van der Waals surface area (Å²) in [5.41, 5.74) is 1.17. The standard InChI is InChI=1S/C12H20N2O2S/c1-15-5-3-4-12-14-11(8-17-12)10-6-9(16-2)7-13-10/h8-10,13H,3-7H2,1-2H3. The zero-order valence-corrected chi connectivity index (χ0v) is 11.3. The van der Waals surface area contributed by atoms with E-state index in [-0.39, 0.29) is 0 Å². The van der Waals surface area contributed by atoms with Crippen molar-refractivity contribution in [3.05, 3.63) is 16.1 Å². The zero-order valence-electron chi connectivity index (χ0n) is 10.4. The Hall–Kier alpha value is -0.490. The smallest absolute Gasteiger partial charge is 0.0929 e. The fraction of sp³-hybridized carbons (Fsp3) is 0.750. The lowest BCUT2D eigenvalue weighted by molar-refractivity contribution is 0.117. The Morgan fingerprint density at radius 1 is 1.53 bits per heavy atom. The summed E-state index contributed by atoms with van der Waals surface area (Å²) in [4.78, 5) is 4.68. The molecule has 1 aromatic heterocycles. The Bertz CT molecular complexity index is 343. The van der Waals surface area contributed by atoms with Crippen LogP contribution in [0, 0.1) is 0 Å². The number of nitrogens with zero attached hydrogens (tertiary/aromatic N) is 1. The van der Waals surface area contributed by atoms with Crippen LogP contribution in [-0.4, -0.2) is 38.5 Å². The average molecular weight is 256 g/mol. The lowest BCUT2D eigenvalue weighted by Crippen LogP contribution is -2.16. The Labute approximate surface area is 106 Å². The molecule has 0 saturated carbocycles. The molecule has 2 atom stereocenters. The van der Waals surface area contributed by atoms with Gasteiger partial charge in [0.1, 0.15) is 0 Å². The minimum atomic E-state index is 0.332. The van der Waals surface area contributed by atoms with Gasteiger partial charge in [-0.25, -0.2) is 4.98 Å². The molecular formula is C12H20N2O2S. The van der Waals surface area contributed by atoms with Crippen LogP contribution < -0.4 is 5.32 Å². The number of aromatic nitrogens is 1. The highest BCUT2D eigenvalue weighted by Gasteiger charge is 2.26. The van der Waals surface area contributed by atoms with E-state index in [2.05, 4.69) is 15.7 Å². The number of methoxy groups -OCH3 is 2. The first kappa shape index (κ1) is 13.0. The fourth-order valence-corrected chi connectivity index (χ4v) is 2.97. The van der Waals surface area contributed by atoms with E-state index in [0.717, 1.165) is 32.4 Å². The Balaban J connectivity index is 1.85. The van der Waals surface area contributed by atoms with E-state index in [0.29, 0.717) is 12.1 Å². The molecule has 0 bridgehead atoms. The Morgan fingerprint density at radius 3 is 3.12 bits per heavy atom. The summed E-state index contributed by atoms with van der Waals surface area (Å²) in [6.07, 6.45) is 3.41. The molecule has 1 aliphatic rings. The van der Waals surface area contributed by atoms with Gasteiger partial charge in [0.15, 0.2) is 0 Å². The molecule has 17 heavy (non-hydrogen) atoms. The Morgan fingerprint density at radius 2 is 2.41 bits per heavy atom. The summed E-state index contributed by atoms with van der Waals surface area (Å²) >= 11 is 1.75. The van der Waals surface area contributed by atoms with Crippen molar-refractivity contribution >= 4 is 11.3 Å². The molecule has 2 rings (SSSR count). The van der Waals surface area contributed by atoms with Crippen LogP contribution in [0.15, 0.2) is 5.38 Å². The van der Waals surface area contributed by atoms with Gasteiger partial charge in [-0.2, -0.15) is 0 Å². The van der Waals surface area contributed by atoms with Crippen molar-refractivity contribution in [2.45, 2.75) is 31.4 Å². The maximum absolute atomic E-state index is 5.35. The molecule has 1 fully saturated rings. The summed E-state index contributed by atoms with van der Waals surface area (Å²) in [6, 6.07) is 0.368. The minimum absolute atomic E-state index is 0.332. The van der Waals surface area contributed by atoms with Crippen LogP contribution in [0.5, 0.6) is 0 Å². The molecule has 0 aromatic carbocycles. The lowest BCUT2D eigenvalue weighted by atomic mass is 10.1. The maximum atomic E-state index is 5.35. The molecule has 4 nitrogen and oxygen atoms in total. The number of rotatable bonds is 6. The van der Waals surface area contributed by atoms with Crippen molar-refractivity contribution in [2.75, 3.05) is 27.4 Å². The van der Waals surface area contributed by atoms with Gasteiger partial charge in [0, 0.05) is 39.2 Å². The van der Waals surface area contributed by atoms with Gasteiger partial charge in [-0.1, -0.05) is 0 Å². The molecule has 1 aliphatic heterocycles. The number of thiazole rings is 1. The summed E-state index contributed by atoms with van der Waals surface area (Å²) < 4.78 is 10.4. The van der Waals surface area contributed by atoms with Gasteiger partial charge in [0.2, 0.25) is 0 Å². The molecule has 1 saturated heterocycles. The van der Waals surface area contributed by atoms with Crippen LogP contribution in [0.25, 0.3) is 0 Å². The second kappa shape index (κ2) is 6.44. The molecule has 1 N–H and O–H groups in total. The van der Waals surface area contributed by atoms with Gasteiger partial charge in [0.05, 0.1) is 22.8 Å². The van der Waals surface area contributed by atoms with Crippen LogP contribution in [0.2, 0.25) is 0 Å². The van der Waals surface area contributed by atoms with Crippen molar-refractivity contribution in [1.29, 1.82) is 0 Å². The largest absolute Gasteiger partial charge is 0.385 e. The normalized spacial score (nSPS) is 24.4. The zero-order chi connectivity index (χ0) is 12.1. The van der Waals surface area contributed by atoms with Gasteiger partial charge in [-0.15, -0.1) is 11.3 Å². The summed E-state index contributed by atoms with van der Waals surface area (Å²) in [5, 5.41) is 6.82. The molecule has 1 aromatic rings. The second-order valence-corrected chi connectivity index (χ2v) is 5.26. The predicted octanol–water partition coefficient (Wildman–Crippen LogP) is 1.77. The highest BCUT2D eigenvalue weighted by molar-refractivity contribution is 7.09. The molecule has 2 unspecified atom stereocenters. The van der Waals surface area contributed by atoms with Crippen LogP contribution in [0.1, 0.15) is 29.6 Å². The van der Waals surface area contributed by atoms with E-state index in [9.17, 15) is 0 Å². The predicted molar refractivity (Wildman–Crippen MR) is 68.5 cm³/mol. The molecule has 96 valence electrons. The molecule has 0 amide bonds. The number of nitrogens with one attached hydrogen (secondary N) is 1. The third-order valence-electron chi connectivity index (χ3n) is 3.09. The van der Waals surface area contributed by atoms with Crippen molar-refractivity contribution in [3.8, 4) is 0 Å². The summed E-state index contributed by atoms with van der Waals surface area (Å²) in [6.45, 7) is 1.74. The molecule has 2 heterocycles. The van der Waals surface area contributed by atoms with Crippen LogP contribution in [-0.2, 0) is 15.9 Å². The first-order valence-corrected chi connectivity index (χ1v) is 6.91. The quantitative estimate of drug-likeness (QED) is 0.788. The topological polar surface area (TPSA) is 43.4 Å². The van der Waals surface area contributed by atoms with Crippen LogP contribution in [0.3, 0.4) is 0 Å². The van der Waals surface area contributed by atoms with E-state index >= 15 is 0 Å². The molecular weight excluding hydrogens is 236 g/mol. The number of hydrogen-bond donors (Lipinski definition) is 1. The third-order valence-corrected chi connectivity index (χ3v) is 4.02. The number of aryl methyl sites for hydroxylation is 1. The van der Waals surface area contributed by atoms with Crippen molar-refractivity contribution in [3.63, 3.8) is 0 Å². The number of ether oxygens (including phenoxy) is 2. The number of hydrogen-bond acceptors (Lipinski definition) is 5. The van der Waals surface area contributed by atoms with E-state index in [1.54, 1.807) is 25.6 Å². The third kappa shape index (κ3) is 3.48. The van der Waals surface area contributed by atoms with Gasteiger partial charge >= 0.3 is 0 Å². The highest BCUT2D eigenvalue weighted by Crippen LogP contribution is 2.26. The van der Waals surface area contributed by atoms with Gasteiger partial charge < -0.3 is 14.8 Å². The van der Waals surface area contributed by atoms with Gasteiger partial charge in [0.25, 0.3) is 0 Å². The summed E-state index contributed by atoms with van der Waals surface area (Å²) in [7, 11) is 3.51. The van der Waals surface area contributed by atoms with E-state index in [4.69, 9.17) is 9.47 Å². The molecule has 0 aliphatic carbocycles. The first-order valence-electron chi connectivity index (χ1n) is 6.03. The molecule has 0 radical (unpaired) electrons. The lowest BCUT2D eigenvalue weighted by Gasteiger charge is -2.06. The van der Waals surface area contributed by atoms with E-state index < -0.39 is 0 Å². The van der Waals surface area contributed by atoms with Gasteiger partial charge in [-0.3, -0.25) is 0 Å². The van der Waals surface area contributed by atoms with Crippen molar-refractivity contribution < 1.29 is 9.47 Å². The molecule has 5 heteroatoms. The van der Waals surface area contributed by atoms with E-state index in [1.165, 1.54) is 10.7 Å². The van der Waals surface area contributed by atoms with Crippen LogP contribution in [0.4, 0.5) is 0 Å². The van der Waals surface area contributed by atoms with Crippen LogP contribution >= 0.6 is 11.3 Å². The highest BCUT2D eigenvalue weighted by atomic mass is 32.1. The first-order chi connectivity index (χ1) is 8.33. The minimum Gasteiger partial charge on any atom is -0.385 e. The Kier molecular flexibility index (Phi) is 4.91. The van der Waals surface area contributed by atoms with Crippen molar-refractivity contribution in [1.82, 2.24) is 10.3 Å². The maximum Gasteiger partial charge on any atom is 0.0929 e. The SMILES string of the molecule is COCCCc1nc(C2CC(OC)CN2)cs1. The fourth-order valence-electron chi connectivity index (χ4n) is 2.08. The average Bonchev–Trinajstić information content (AvgIpc) is 2.97. The summed E-state index contributed by atoms with van der Waals surface area (Å²) in [5.74, 6) is 0. The second-order valence-electron chi connectivity index (χ2n) is 4.32. The monoisotopic (exact) mass is 256 g/mol. The molecule has 0 spiro atoms. The van der Waals surface area contributed by atoms with Gasteiger partial charge in [-0.05, 0) is 12.8 Å².